The molecule has 0 aliphatic rings. The van der Waals surface area contributed by atoms with Crippen LogP contribution in [0, 0.1) is 11.3 Å². The molecule has 4 nitrogen and oxygen atoms in total. The number of amides is 1. The van der Waals surface area contributed by atoms with Crippen LogP contribution in [0.1, 0.15) is 15.9 Å². The van der Waals surface area contributed by atoms with Crippen molar-refractivity contribution in [2.75, 3.05) is 12.4 Å². The molecule has 0 unspecified atom stereocenters. The predicted octanol–water partition coefficient (Wildman–Crippen LogP) is 4.13. The second-order valence-corrected chi connectivity index (χ2v) is 4.95. The molecule has 0 aromatic heterocycles. The van der Waals surface area contributed by atoms with Crippen molar-refractivity contribution < 1.29 is 9.53 Å². The summed E-state index contributed by atoms with van der Waals surface area (Å²) in [5, 5.41) is 12.1. The minimum absolute atomic E-state index is 0.281. The number of nitrogens with zero attached hydrogens (tertiary/aromatic N) is 1. The Kier molecular flexibility index (Phi) is 4.69. The molecule has 0 saturated heterocycles. The van der Waals surface area contributed by atoms with E-state index >= 15 is 0 Å². The fourth-order valence-electron chi connectivity index (χ4n) is 1.73. The summed E-state index contributed by atoms with van der Waals surface area (Å²) in [6.07, 6.45) is 0. The molecule has 1 amide bonds. The number of halogens is 2. The summed E-state index contributed by atoms with van der Waals surface area (Å²) < 4.78 is 5.13. The molecule has 2 rings (SSSR count). The number of carbonyl (C=O) groups excluding carboxylic acids is 1. The normalized spacial score (nSPS) is 9.81. The Morgan fingerprint density at radius 2 is 2.00 bits per heavy atom. The summed E-state index contributed by atoms with van der Waals surface area (Å²) in [6, 6.07) is 11.3. The smallest absolute Gasteiger partial charge is 0.259 e. The van der Waals surface area contributed by atoms with Gasteiger partial charge in [-0.15, -0.1) is 0 Å². The Morgan fingerprint density at radius 1 is 1.24 bits per heavy atom. The Hall–Kier alpha value is -2.22. The first-order valence-corrected chi connectivity index (χ1v) is 6.65. The van der Waals surface area contributed by atoms with E-state index < -0.39 is 5.91 Å². The lowest BCUT2D eigenvalue weighted by Gasteiger charge is -2.11. The number of methoxy groups -OCH3 is 1. The largest absolute Gasteiger partial charge is 0.496 e. The predicted molar refractivity (Wildman–Crippen MR) is 82.1 cm³/mol. The molecular weight excluding hydrogens is 311 g/mol. The quantitative estimate of drug-likeness (QED) is 0.925. The van der Waals surface area contributed by atoms with Crippen LogP contribution in [0.2, 0.25) is 10.0 Å². The van der Waals surface area contributed by atoms with E-state index in [-0.39, 0.29) is 5.02 Å². The maximum atomic E-state index is 12.3. The van der Waals surface area contributed by atoms with E-state index in [1.165, 1.54) is 19.2 Å². The van der Waals surface area contributed by atoms with Gasteiger partial charge in [-0.25, -0.2) is 0 Å². The van der Waals surface area contributed by atoms with Crippen molar-refractivity contribution in [2.45, 2.75) is 0 Å². The average molecular weight is 321 g/mol. The van der Waals surface area contributed by atoms with Crippen molar-refractivity contribution in [2.24, 2.45) is 0 Å². The zero-order chi connectivity index (χ0) is 15.4. The zero-order valence-corrected chi connectivity index (χ0v) is 12.5. The summed E-state index contributed by atoms with van der Waals surface area (Å²) in [5.41, 5.74) is 1.12. The second kappa shape index (κ2) is 6.49. The molecule has 2 aromatic rings. The van der Waals surface area contributed by atoms with Gasteiger partial charge in [0.1, 0.15) is 5.75 Å². The third-order valence-corrected chi connectivity index (χ3v) is 3.30. The van der Waals surface area contributed by atoms with Crippen LogP contribution < -0.4 is 10.1 Å². The van der Waals surface area contributed by atoms with Crippen LogP contribution in [0.3, 0.4) is 0 Å². The lowest BCUT2D eigenvalue weighted by molar-refractivity contribution is 0.102. The first-order chi connectivity index (χ1) is 10.0. The van der Waals surface area contributed by atoms with Crippen molar-refractivity contribution in [1.82, 2.24) is 0 Å². The highest BCUT2D eigenvalue weighted by Gasteiger charge is 2.14. The van der Waals surface area contributed by atoms with Crippen molar-refractivity contribution >= 4 is 34.8 Å². The molecule has 0 heterocycles. The van der Waals surface area contributed by atoms with Crippen molar-refractivity contribution in [3.05, 3.63) is 57.6 Å². The fourth-order valence-corrected chi connectivity index (χ4v) is 2.13. The Morgan fingerprint density at radius 3 is 2.62 bits per heavy atom. The van der Waals surface area contributed by atoms with Crippen LogP contribution in [0.5, 0.6) is 5.75 Å². The summed E-state index contributed by atoms with van der Waals surface area (Å²) in [7, 11) is 1.47. The first-order valence-electron chi connectivity index (χ1n) is 5.89. The highest BCUT2D eigenvalue weighted by Crippen LogP contribution is 2.26. The summed E-state index contributed by atoms with van der Waals surface area (Å²) in [5.74, 6) is 0.00243. The Labute approximate surface area is 131 Å². The molecule has 106 valence electrons. The number of hydrogen-bond acceptors (Lipinski definition) is 3. The Bertz CT molecular complexity index is 739. The topological polar surface area (TPSA) is 62.1 Å². The molecule has 0 aliphatic carbocycles. The lowest BCUT2D eigenvalue weighted by Crippen LogP contribution is -2.13. The van der Waals surface area contributed by atoms with E-state index in [0.717, 1.165) is 0 Å². The monoisotopic (exact) mass is 320 g/mol. The van der Waals surface area contributed by atoms with Gasteiger partial charge < -0.3 is 10.1 Å². The van der Waals surface area contributed by atoms with E-state index in [4.69, 9.17) is 33.2 Å². The van der Waals surface area contributed by atoms with Gasteiger partial charge in [0.2, 0.25) is 0 Å². The number of rotatable bonds is 3. The fraction of sp³-hybridized carbons (Fsp3) is 0.0667. The molecule has 0 bridgehead atoms. The molecular formula is C15H10Cl2N2O2. The molecule has 0 spiro atoms. The molecule has 0 fully saturated rings. The van der Waals surface area contributed by atoms with E-state index in [1.807, 2.05) is 6.07 Å². The van der Waals surface area contributed by atoms with E-state index in [2.05, 4.69) is 5.32 Å². The molecule has 0 saturated carbocycles. The van der Waals surface area contributed by atoms with Crippen LogP contribution >= 0.6 is 23.2 Å². The summed E-state index contributed by atoms with van der Waals surface area (Å²) >= 11 is 11.9. The van der Waals surface area contributed by atoms with E-state index in [0.29, 0.717) is 27.6 Å². The van der Waals surface area contributed by atoms with Gasteiger partial charge in [0.05, 0.1) is 35.0 Å². The molecule has 0 radical (unpaired) electrons. The van der Waals surface area contributed by atoms with Gasteiger partial charge in [-0.3, -0.25) is 4.79 Å². The van der Waals surface area contributed by atoms with Crippen LogP contribution in [-0.2, 0) is 0 Å². The van der Waals surface area contributed by atoms with Gasteiger partial charge in [0.25, 0.3) is 5.91 Å². The van der Waals surface area contributed by atoms with Gasteiger partial charge >= 0.3 is 0 Å². The number of ether oxygens (including phenoxy) is 1. The minimum Gasteiger partial charge on any atom is -0.496 e. The number of hydrogen-bond donors (Lipinski definition) is 1. The lowest BCUT2D eigenvalue weighted by atomic mass is 10.1. The maximum Gasteiger partial charge on any atom is 0.259 e. The zero-order valence-electron chi connectivity index (χ0n) is 11.0. The van der Waals surface area contributed by atoms with E-state index in [1.54, 1.807) is 24.3 Å². The molecule has 0 aliphatic heterocycles. The van der Waals surface area contributed by atoms with Gasteiger partial charge in [-0.1, -0.05) is 23.2 Å². The van der Waals surface area contributed by atoms with Gasteiger partial charge in [-0.05, 0) is 36.4 Å². The van der Waals surface area contributed by atoms with Crippen molar-refractivity contribution in [3.63, 3.8) is 0 Å². The number of nitriles is 1. The SMILES string of the molecule is COc1ccc(Cl)cc1C(=O)Nc1ccc(C#N)cc1Cl. The average Bonchev–Trinajstić information content (AvgIpc) is 2.49. The highest BCUT2D eigenvalue weighted by atomic mass is 35.5. The molecule has 1 N–H and O–H groups in total. The summed E-state index contributed by atoms with van der Waals surface area (Å²) in [4.78, 5) is 12.3. The van der Waals surface area contributed by atoms with Crippen LogP contribution in [0.15, 0.2) is 36.4 Å². The molecule has 0 atom stereocenters. The standard InChI is InChI=1S/C15H10Cl2N2O2/c1-21-14-5-3-10(16)7-11(14)15(20)19-13-4-2-9(8-18)6-12(13)17/h2-7H,1H3,(H,19,20). The molecule has 21 heavy (non-hydrogen) atoms. The van der Waals surface area contributed by atoms with Crippen LogP contribution in [0.25, 0.3) is 0 Å². The van der Waals surface area contributed by atoms with E-state index in [9.17, 15) is 4.79 Å². The second-order valence-electron chi connectivity index (χ2n) is 4.11. The minimum atomic E-state index is -0.402. The third-order valence-electron chi connectivity index (χ3n) is 2.75. The van der Waals surface area contributed by atoms with Crippen LogP contribution in [-0.4, -0.2) is 13.0 Å². The van der Waals surface area contributed by atoms with Crippen LogP contribution in [0.4, 0.5) is 5.69 Å². The highest BCUT2D eigenvalue weighted by molar-refractivity contribution is 6.34. The number of benzene rings is 2. The van der Waals surface area contributed by atoms with Gasteiger partial charge in [-0.2, -0.15) is 5.26 Å². The van der Waals surface area contributed by atoms with Gasteiger partial charge in [0.15, 0.2) is 0 Å². The Balaban J connectivity index is 2.30. The third kappa shape index (κ3) is 3.46. The maximum absolute atomic E-state index is 12.3. The van der Waals surface area contributed by atoms with Gasteiger partial charge in [0, 0.05) is 5.02 Å². The first kappa shape index (κ1) is 15.2. The van der Waals surface area contributed by atoms with Crippen molar-refractivity contribution in [3.8, 4) is 11.8 Å². The number of nitrogens with one attached hydrogen (secondary N) is 1. The van der Waals surface area contributed by atoms with Crippen molar-refractivity contribution in [1.29, 1.82) is 5.26 Å². The molecule has 6 heteroatoms. The number of carbonyl (C=O) groups is 1. The summed E-state index contributed by atoms with van der Waals surface area (Å²) in [6.45, 7) is 0. The molecule has 2 aromatic carbocycles. The number of anilines is 1.